The molecule has 304 valence electrons. The van der Waals surface area contributed by atoms with Crippen LogP contribution in [0.15, 0.2) is 12.2 Å². The molecular weight excluding hydrogens is 659 g/mol. The zero-order valence-corrected chi connectivity index (χ0v) is 35.2. The summed E-state index contributed by atoms with van der Waals surface area (Å²) in [4.78, 5) is 25.2. The van der Waals surface area contributed by atoms with Crippen molar-refractivity contribution >= 4 is 13.7 Å². The minimum Gasteiger partial charge on any atom is -0.756 e. The molecule has 0 fully saturated rings. The Morgan fingerprint density at radius 3 is 1.53 bits per heavy atom. The molecule has 0 rings (SSSR count). The summed E-state index contributed by atoms with van der Waals surface area (Å²) in [7, 11) is 1.31. The Bertz CT molecular complexity index is 850. The van der Waals surface area contributed by atoms with Crippen LogP contribution in [0.25, 0.3) is 0 Å². The molecule has 0 aromatic rings. The van der Waals surface area contributed by atoms with E-state index in [1.54, 1.807) is 0 Å². The van der Waals surface area contributed by atoms with Gasteiger partial charge in [0, 0.05) is 6.42 Å². The highest BCUT2D eigenvalue weighted by atomic mass is 31.2. The van der Waals surface area contributed by atoms with E-state index in [0.717, 1.165) is 38.5 Å². The molecule has 1 unspecified atom stereocenters. The smallest absolute Gasteiger partial charge is 0.268 e. The van der Waals surface area contributed by atoms with Gasteiger partial charge in [-0.1, -0.05) is 167 Å². The predicted octanol–water partition coefficient (Wildman–Crippen LogP) is 10.9. The van der Waals surface area contributed by atoms with Crippen molar-refractivity contribution < 1.29 is 32.9 Å². The molecule has 3 atom stereocenters. The molecule has 0 aliphatic carbocycles. The van der Waals surface area contributed by atoms with Crippen LogP contribution in [0.4, 0.5) is 0 Å². The molecule has 0 heterocycles. The molecule has 0 aliphatic heterocycles. The second-order valence-electron chi connectivity index (χ2n) is 16.1. The number of phosphoric ester groups is 1. The molecule has 9 heteroatoms. The Morgan fingerprint density at radius 1 is 0.667 bits per heavy atom. The standard InChI is InChI=1S/C42H85N2O6P/c1-6-8-10-12-14-16-18-19-20-21-22-23-24-25-26-28-30-32-34-36-42(46)43-40(39-50-51(47,48)49-38-37-44(3,4)5)41(45)35-33-31-29-27-17-15-13-11-9-7-2/h19-20,40-41,45H,6-18,21-39H2,1-5H3,(H-,43,46,47,48)/b20-19+/t40-,41+/m0/s1. The van der Waals surface area contributed by atoms with Gasteiger partial charge >= 0.3 is 0 Å². The van der Waals surface area contributed by atoms with Gasteiger partial charge in [0.2, 0.25) is 5.91 Å². The summed E-state index contributed by atoms with van der Waals surface area (Å²) >= 11 is 0. The fraction of sp³-hybridized carbons (Fsp3) is 0.929. The number of likely N-dealkylation sites (N-methyl/N-ethyl adjacent to an activating group) is 1. The van der Waals surface area contributed by atoms with Gasteiger partial charge in [-0.25, -0.2) is 0 Å². The van der Waals surface area contributed by atoms with E-state index in [2.05, 4.69) is 31.3 Å². The van der Waals surface area contributed by atoms with Crippen LogP contribution in [0.1, 0.15) is 200 Å². The topological polar surface area (TPSA) is 108 Å². The Morgan fingerprint density at radius 2 is 1.08 bits per heavy atom. The lowest BCUT2D eigenvalue weighted by Gasteiger charge is -2.30. The van der Waals surface area contributed by atoms with Gasteiger partial charge in [-0.3, -0.25) is 9.36 Å². The first-order valence-electron chi connectivity index (χ1n) is 21.5. The summed E-state index contributed by atoms with van der Waals surface area (Å²) in [6.07, 6.45) is 37.8. The molecule has 0 spiro atoms. The van der Waals surface area contributed by atoms with Gasteiger partial charge in [-0.15, -0.1) is 0 Å². The highest BCUT2D eigenvalue weighted by molar-refractivity contribution is 7.45. The van der Waals surface area contributed by atoms with E-state index in [4.69, 9.17) is 9.05 Å². The van der Waals surface area contributed by atoms with Crippen LogP contribution in [0, 0.1) is 0 Å². The molecule has 0 bridgehead atoms. The molecule has 0 saturated heterocycles. The molecule has 0 aromatic heterocycles. The maximum absolute atomic E-state index is 12.8. The van der Waals surface area contributed by atoms with E-state index < -0.39 is 20.0 Å². The summed E-state index contributed by atoms with van der Waals surface area (Å²) in [6, 6.07) is -0.795. The number of hydrogen-bond acceptors (Lipinski definition) is 6. The zero-order chi connectivity index (χ0) is 37.9. The Balaban J connectivity index is 4.29. The monoisotopic (exact) mass is 745 g/mol. The number of hydrogen-bond donors (Lipinski definition) is 2. The first-order valence-corrected chi connectivity index (χ1v) is 23.0. The number of aliphatic hydroxyl groups is 1. The second-order valence-corrected chi connectivity index (χ2v) is 17.5. The van der Waals surface area contributed by atoms with Crippen molar-refractivity contribution in [3.63, 3.8) is 0 Å². The largest absolute Gasteiger partial charge is 0.756 e. The van der Waals surface area contributed by atoms with Gasteiger partial charge in [0.15, 0.2) is 0 Å². The van der Waals surface area contributed by atoms with Crippen LogP contribution in [-0.4, -0.2) is 68.5 Å². The number of phosphoric acid groups is 1. The Kier molecular flexibility index (Phi) is 34.5. The fourth-order valence-electron chi connectivity index (χ4n) is 6.27. The number of unbranched alkanes of at least 4 members (excludes halogenated alkanes) is 24. The molecule has 0 radical (unpaired) electrons. The van der Waals surface area contributed by atoms with Gasteiger partial charge in [0.1, 0.15) is 13.2 Å². The molecule has 1 amide bonds. The van der Waals surface area contributed by atoms with Crippen LogP contribution < -0.4 is 10.2 Å². The highest BCUT2D eigenvalue weighted by Crippen LogP contribution is 2.38. The molecule has 0 aliphatic rings. The number of amides is 1. The molecule has 8 nitrogen and oxygen atoms in total. The van der Waals surface area contributed by atoms with Gasteiger partial charge < -0.3 is 28.8 Å². The number of rotatable bonds is 39. The van der Waals surface area contributed by atoms with Crippen LogP contribution in [-0.2, 0) is 18.4 Å². The third-order valence-corrected chi connectivity index (χ3v) is 10.7. The normalized spacial score (nSPS) is 14.6. The number of quaternary nitrogens is 1. The maximum Gasteiger partial charge on any atom is 0.268 e. The average molecular weight is 745 g/mol. The summed E-state index contributed by atoms with van der Waals surface area (Å²) in [6.45, 7) is 4.70. The number of aliphatic hydroxyl groups excluding tert-OH is 1. The van der Waals surface area contributed by atoms with Crippen LogP contribution in [0.3, 0.4) is 0 Å². The minimum atomic E-state index is -4.55. The lowest BCUT2D eigenvalue weighted by molar-refractivity contribution is -0.870. The molecule has 2 N–H and O–H groups in total. The average Bonchev–Trinajstić information content (AvgIpc) is 3.07. The lowest BCUT2D eigenvalue weighted by atomic mass is 10.0. The van der Waals surface area contributed by atoms with Crippen molar-refractivity contribution in [2.24, 2.45) is 0 Å². The fourth-order valence-corrected chi connectivity index (χ4v) is 6.99. The third kappa shape index (κ3) is 37.4. The van der Waals surface area contributed by atoms with E-state index in [1.165, 1.54) is 135 Å². The number of carbonyl (C=O) groups excluding carboxylic acids is 1. The van der Waals surface area contributed by atoms with Gasteiger partial charge in [0.05, 0.1) is 39.9 Å². The number of nitrogens with zero attached hydrogens (tertiary/aromatic N) is 1. The quantitative estimate of drug-likeness (QED) is 0.0281. The van der Waals surface area contributed by atoms with Crippen molar-refractivity contribution in [1.29, 1.82) is 0 Å². The second kappa shape index (κ2) is 35.0. The van der Waals surface area contributed by atoms with Crippen LogP contribution >= 0.6 is 7.82 Å². The van der Waals surface area contributed by atoms with Gasteiger partial charge in [0.25, 0.3) is 7.82 Å². The van der Waals surface area contributed by atoms with Crippen molar-refractivity contribution in [3.05, 3.63) is 12.2 Å². The molecular formula is C42H85N2O6P. The van der Waals surface area contributed by atoms with Crippen molar-refractivity contribution in [2.75, 3.05) is 40.9 Å². The van der Waals surface area contributed by atoms with Crippen molar-refractivity contribution in [1.82, 2.24) is 5.32 Å². The third-order valence-electron chi connectivity index (χ3n) is 9.75. The Labute approximate surface area is 316 Å². The Hall–Kier alpha value is -0.760. The highest BCUT2D eigenvalue weighted by Gasteiger charge is 2.24. The first kappa shape index (κ1) is 50.2. The van der Waals surface area contributed by atoms with Gasteiger partial charge in [-0.05, 0) is 38.5 Å². The lowest BCUT2D eigenvalue weighted by Crippen LogP contribution is -2.46. The number of nitrogens with one attached hydrogen (secondary N) is 1. The number of carbonyl (C=O) groups is 1. The molecule has 51 heavy (non-hydrogen) atoms. The summed E-state index contributed by atoms with van der Waals surface area (Å²) < 4.78 is 23.2. The first-order chi connectivity index (χ1) is 24.5. The predicted molar refractivity (Wildman–Crippen MR) is 215 cm³/mol. The summed E-state index contributed by atoms with van der Waals surface area (Å²) in [5.41, 5.74) is 0. The van der Waals surface area contributed by atoms with Crippen LogP contribution in [0.2, 0.25) is 0 Å². The van der Waals surface area contributed by atoms with E-state index >= 15 is 0 Å². The van der Waals surface area contributed by atoms with Crippen LogP contribution in [0.5, 0.6) is 0 Å². The minimum absolute atomic E-state index is 0.0134. The maximum atomic E-state index is 12.8. The van der Waals surface area contributed by atoms with E-state index in [-0.39, 0.29) is 19.1 Å². The SMILES string of the molecule is CCCCCCCC/C=C/CCCCCCCCCCCC(=O)N[C@@H](COP(=O)([O-])OCC[N+](C)(C)C)[C@H](O)CCCCCCCCCCCC. The number of allylic oxidation sites excluding steroid dienone is 2. The van der Waals surface area contributed by atoms with Crippen molar-refractivity contribution in [3.8, 4) is 0 Å². The molecule has 0 saturated carbocycles. The molecule has 0 aromatic carbocycles. The zero-order valence-electron chi connectivity index (χ0n) is 34.3. The van der Waals surface area contributed by atoms with Gasteiger partial charge in [-0.2, -0.15) is 0 Å². The van der Waals surface area contributed by atoms with E-state index in [0.29, 0.717) is 23.9 Å². The summed E-state index contributed by atoms with van der Waals surface area (Å²) in [5.74, 6) is -0.168. The van der Waals surface area contributed by atoms with Crippen molar-refractivity contribution in [2.45, 2.75) is 212 Å². The summed E-state index contributed by atoms with van der Waals surface area (Å²) in [5, 5.41) is 13.8. The van der Waals surface area contributed by atoms with E-state index in [1.807, 2.05) is 21.1 Å². The van der Waals surface area contributed by atoms with E-state index in [9.17, 15) is 19.4 Å².